The lowest BCUT2D eigenvalue weighted by atomic mass is 9.33. The number of ketones is 1. The summed E-state index contributed by atoms with van der Waals surface area (Å²) in [5.74, 6) is 1.41. The van der Waals surface area contributed by atoms with E-state index in [0.29, 0.717) is 43.8 Å². The van der Waals surface area contributed by atoms with Gasteiger partial charge >= 0.3 is 5.97 Å². The minimum atomic E-state index is -0.908. The van der Waals surface area contributed by atoms with Gasteiger partial charge in [-0.05, 0) is 117 Å². The van der Waals surface area contributed by atoms with E-state index in [2.05, 4.69) is 47.6 Å². The number of amides is 1. The lowest BCUT2D eigenvalue weighted by Gasteiger charge is -2.70. The standard InChI is InChI=1S/C36H58N2O4/c1-10-38(20-19-37)31(41)36(9)27-12-16-35(8)30(33(27,6)15-13-28(36)42-24(4)39)26(40)21-25-29-23(3)22(2)11-14-32(29,5)17-18-34(25,35)7/h21-23,27-30H,10-20,37H2,1-9H3/t22-,23+,27?,28?,29?,30?,32-,33+,34-,35-,36-/m1/s1. The summed E-state index contributed by atoms with van der Waals surface area (Å²) in [5.41, 5.74) is 6.13. The highest BCUT2D eigenvalue weighted by Crippen LogP contribution is 2.75. The summed E-state index contributed by atoms with van der Waals surface area (Å²) >= 11 is 0. The molecule has 11 atom stereocenters. The average molecular weight is 583 g/mol. The summed E-state index contributed by atoms with van der Waals surface area (Å²) in [4.78, 5) is 43.4. The molecule has 4 fully saturated rings. The van der Waals surface area contributed by atoms with E-state index in [1.807, 2.05) is 18.7 Å². The Morgan fingerprint density at radius 2 is 1.69 bits per heavy atom. The van der Waals surface area contributed by atoms with Crippen molar-refractivity contribution in [2.75, 3.05) is 19.6 Å². The summed E-state index contributed by atoms with van der Waals surface area (Å²) in [7, 11) is 0. The number of allylic oxidation sites excluding steroid dienone is 2. The van der Waals surface area contributed by atoms with E-state index in [4.69, 9.17) is 10.5 Å². The van der Waals surface area contributed by atoms with Gasteiger partial charge in [0.1, 0.15) is 6.10 Å². The van der Waals surface area contributed by atoms with Crippen molar-refractivity contribution < 1.29 is 19.1 Å². The zero-order chi connectivity index (χ0) is 31.0. The van der Waals surface area contributed by atoms with Crippen molar-refractivity contribution in [3.05, 3.63) is 11.6 Å². The van der Waals surface area contributed by atoms with Crippen molar-refractivity contribution in [2.45, 2.75) is 120 Å². The molecule has 0 saturated heterocycles. The van der Waals surface area contributed by atoms with Crippen molar-refractivity contribution in [1.82, 2.24) is 4.90 Å². The number of likely N-dealkylation sites (N-methyl/N-ethyl adjacent to an activating group) is 1. The van der Waals surface area contributed by atoms with Gasteiger partial charge in [-0.15, -0.1) is 0 Å². The molecule has 5 aliphatic rings. The summed E-state index contributed by atoms with van der Waals surface area (Å²) in [6.07, 6.45) is 9.63. The van der Waals surface area contributed by atoms with Crippen LogP contribution in [0.1, 0.15) is 114 Å². The van der Waals surface area contributed by atoms with E-state index in [-0.39, 0.29) is 51.2 Å². The highest BCUT2D eigenvalue weighted by Gasteiger charge is 2.72. The van der Waals surface area contributed by atoms with Gasteiger partial charge in [0, 0.05) is 32.5 Å². The third-order valence-corrected chi connectivity index (χ3v) is 14.6. The van der Waals surface area contributed by atoms with Crippen molar-refractivity contribution in [3.8, 4) is 0 Å². The first-order valence-corrected chi connectivity index (χ1v) is 17.0. The molecule has 5 rings (SSSR count). The maximum atomic E-state index is 14.7. The van der Waals surface area contributed by atoms with Crippen molar-refractivity contribution in [3.63, 3.8) is 0 Å². The fraction of sp³-hybridized carbons (Fsp3) is 0.861. The summed E-state index contributed by atoms with van der Waals surface area (Å²) in [6, 6.07) is 0. The molecule has 0 bridgehead atoms. The molecule has 0 aromatic rings. The van der Waals surface area contributed by atoms with Gasteiger partial charge in [-0.25, -0.2) is 0 Å². The second kappa shape index (κ2) is 10.4. The first-order chi connectivity index (χ1) is 19.5. The van der Waals surface area contributed by atoms with Crippen LogP contribution in [0.15, 0.2) is 11.6 Å². The molecular weight excluding hydrogens is 524 g/mol. The first kappa shape index (κ1) is 31.7. The van der Waals surface area contributed by atoms with E-state index >= 15 is 0 Å². The van der Waals surface area contributed by atoms with Gasteiger partial charge in [0.2, 0.25) is 5.91 Å². The number of fused-ring (bicyclic) bond motifs is 7. The second-order valence-corrected chi connectivity index (χ2v) is 16.4. The van der Waals surface area contributed by atoms with Crippen LogP contribution in [-0.4, -0.2) is 48.3 Å². The topological polar surface area (TPSA) is 89.7 Å². The molecule has 1 amide bonds. The lowest BCUT2D eigenvalue weighted by Crippen LogP contribution is -2.69. The molecule has 0 heterocycles. The fourth-order valence-corrected chi connectivity index (χ4v) is 11.9. The highest BCUT2D eigenvalue weighted by atomic mass is 16.5. The van der Waals surface area contributed by atoms with Crippen LogP contribution in [0, 0.1) is 56.7 Å². The molecule has 4 saturated carbocycles. The summed E-state index contributed by atoms with van der Waals surface area (Å²) in [5, 5.41) is 0. The number of carbonyl (C=O) groups excluding carboxylic acids is 3. The minimum Gasteiger partial charge on any atom is -0.461 e. The first-order valence-electron chi connectivity index (χ1n) is 17.0. The van der Waals surface area contributed by atoms with E-state index in [1.54, 1.807) is 0 Å². The Morgan fingerprint density at radius 1 is 1.00 bits per heavy atom. The Kier molecular flexibility index (Phi) is 7.89. The van der Waals surface area contributed by atoms with Gasteiger partial charge in [0.05, 0.1) is 5.41 Å². The number of nitrogens with zero attached hydrogens (tertiary/aromatic N) is 1. The zero-order valence-electron chi connectivity index (χ0n) is 28.0. The quantitative estimate of drug-likeness (QED) is 0.371. The van der Waals surface area contributed by atoms with Gasteiger partial charge in [0.15, 0.2) is 5.78 Å². The number of nitrogens with two attached hydrogens (primary N) is 1. The van der Waals surface area contributed by atoms with Crippen LogP contribution < -0.4 is 5.73 Å². The molecule has 0 aromatic carbocycles. The third kappa shape index (κ3) is 4.15. The van der Waals surface area contributed by atoms with E-state index in [9.17, 15) is 14.4 Å². The molecule has 2 N–H and O–H groups in total. The fourth-order valence-electron chi connectivity index (χ4n) is 11.9. The van der Waals surface area contributed by atoms with Crippen LogP contribution in [0.2, 0.25) is 0 Å². The largest absolute Gasteiger partial charge is 0.461 e. The summed E-state index contributed by atoms with van der Waals surface area (Å²) in [6.45, 7) is 21.4. The van der Waals surface area contributed by atoms with Gasteiger partial charge in [0.25, 0.3) is 0 Å². The van der Waals surface area contributed by atoms with Crippen molar-refractivity contribution in [1.29, 1.82) is 0 Å². The Labute approximate surface area is 254 Å². The predicted octanol–water partition coefficient (Wildman–Crippen LogP) is 6.56. The Hall–Kier alpha value is -1.69. The van der Waals surface area contributed by atoms with Crippen LogP contribution in [0.4, 0.5) is 0 Å². The number of carbonyl (C=O) groups is 3. The maximum Gasteiger partial charge on any atom is 0.302 e. The monoisotopic (exact) mass is 582 g/mol. The molecule has 5 aliphatic carbocycles. The van der Waals surface area contributed by atoms with Gasteiger partial charge in [-0.2, -0.15) is 0 Å². The molecule has 6 nitrogen and oxygen atoms in total. The average Bonchev–Trinajstić information content (AvgIpc) is 2.92. The van der Waals surface area contributed by atoms with Crippen LogP contribution in [0.25, 0.3) is 0 Å². The molecule has 6 heteroatoms. The number of esters is 1. The van der Waals surface area contributed by atoms with Crippen LogP contribution >= 0.6 is 0 Å². The second-order valence-electron chi connectivity index (χ2n) is 16.4. The van der Waals surface area contributed by atoms with Gasteiger partial charge in [-0.3, -0.25) is 14.4 Å². The summed E-state index contributed by atoms with van der Waals surface area (Å²) < 4.78 is 5.97. The van der Waals surface area contributed by atoms with Crippen molar-refractivity contribution >= 4 is 17.7 Å². The Balaban J connectivity index is 1.62. The van der Waals surface area contributed by atoms with Gasteiger partial charge in [-0.1, -0.05) is 47.1 Å². The molecule has 4 unspecified atom stereocenters. The highest BCUT2D eigenvalue weighted by molar-refractivity contribution is 5.96. The normalized spacial score (nSPS) is 48.1. The Morgan fingerprint density at radius 3 is 2.31 bits per heavy atom. The molecule has 0 aromatic heterocycles. The van der Waals surface area contributed by atoms with E-state index in [1.165, 1.54) is 31.8 Å². The number of ether oxygens (including phenoxy) is 1. The molecule has 0 spiro atoms. The molecular formula is C36H58N2O4. The van der Waals surface area contributed by atoms with E-state index < -0.39 is 11.5 Å². The molecule has 42 heavy (non-hydrogen) atoms. The predicted molar refractivity (Wildman–Crippen MR) is 166 cm³/mol. The SMILES string of the molecule is CCN(CCN)C(=O)[C@@]1(C)C(OC(C)=O)CC[C@@]2(C)C1CC[C@]1(C)C2C(=O)C=C2C3[C@@H](C)[C@H](C)CC[C@]3(C)CC[C@]21C. The lowest BCUT2D eigenvalue weighted by molar-refractivity contribution is -0.218. The van der Waals surface area contributed by atoms with Crippen LogP contribution in [0.3, 0.4) is 0 Å². The third-order valence-electron chi connectivity index (χ3n) is 14.6. The van der Waals surface area contributed by atoms with Crippen molar-refractivity contribution in [2.24, 2.45) is 62.4 Å². The number of rotatable bonds is 5. The minimum absolute atomic E-state index is 0.0189. The molecule has 0 radical (unpaired) electrons. The number of hydrogen-bond acceptors (Lipinski definition) is 5. The molecule has 236 valence electrons. The smallest absolute Gasteiger partial charge is 0.302 e. The number of hydrogen-bond donors (Lipinski definition) is 1. The maximum absolute atomic E-state index is 14.7. The van der Waals surface area contributed by atoms with Crippen LogP contribution in [-0.2, 0) is 19.1 Å². The van der Waals surface area contributed by atoms with Gasteiger partial charge < -0.3 is 15.4 Å². The zero-order valence-corrected chi connectivity index (χ0v) is 28.0. The molecule has 0 aliphatic heterocycles. The van der Waals surface area contributed by atoms with Crippen LogP contribution in [0.5, 0.6) is 0 Å². The Bertz CT molecular complexity index is 1170. The van der Waals surface area contributed by atoms with E-state index in [0.717, 1.165) is 25.7 Å².